The average Bonchev–Trinajstić information content (AvgIpc) is 3.28. The molecule has 2 aromatic heterocycles. The second kappa shape index (κ2) is 6.68. The van der Waals surface area contributed by atoms with E-state index in [0.29, 0.717) is 35.7 Å². The summed E-state index contributed by atoms with van der Waals surface area (Å²) in [5.74, 6) is 0.119. The van der Waals surface area contributed by atoms with Crippen molar-refractivity contribution >= 4 is 11.9 Å². The second-order valence-electron chi connectivity index (χ2n) is 7.68. The summed E-state index contributed by atoms with van der Waals surface area (Å²) < 4.78 is 26.0. The number of nitrogens with zero attached hydrogens (tertiary/aromatic N) is 5. The molecule has 1 aliphatic carbocycles. The van der Waals surface area contributed by atoms with Crippen molar-refractivity contribution < 1.29 is 13.6 Å². The Labute approximate surface area is 160 Å². The lowest BCUT2D eigenvalue weighted by atomic mass is 9.77. The molecule has 1 amide bonds. The standard InChI is InChI=1S/C18H22F2N6O2/c1-24(2)17-21-13-11(14(27)22-17)4-7-18(13)6-3-8-25(10-18)15(28)12-5-9-26(23-12)16(19)20/h5,9,16H,3-4,6-8,10H2,1-2H3,(H,21,22,27). The number of hydrogen-bond donors (Lipinski definition) is 1. The van der Waals surface area contributed by atoms with E-state index in [9.17, 15) is 18.4 Å². The number of fused-ring (bicyclic) bond motifs is 2. The molecule has 1 spiro atoms. The quantitative estimate of drug-likeness (QED) is 0.856. The third kappa shape index (κ3) is 2.96. The summed E-state index contributed by atoms with van der Waals surface area (Å²) in [5, 5.41) is 3.69. The molecule has 0 bridgehead atoms. The van der Waals surface area contributed by atoms with E-state index in [1.807, 2.05) is 14.1 Å². The summed E-state index contributed by atoms with van der Waals surface area (Å²) in [6, 6.07) is 1.31. The molecular formula is C18H22F2N6O2. The summed E-state index contributed by atoms with van der Waals surface area (Å²) >= 11 is 0. The summed E-state index contributed by atoms with van der Waals surface area (Å²) in [6.45, 7) is -1.85. The van der Waals surface area contributed by atoms with E-state index < -0.39 is 6.55 Å². The molecule has 3 heterocycles. The van der Waals surface area contributed by atoms with Crippen LogP contribution in [0.1, 0.15) is 47.6 Å². The third-order valence-corrected chi connectivity index (χ3v) is 5.67. The third-order valence-electron chi connectivity index (χ3n) is 5.67. The highest BCUT2D eigenvalue weighted by atomic mass is 19.3. The molecule has 28 heavy (non-hydrogen) atoms. The highest BCUT2D eigenvalue weighted by Crippen LogP contribution is 2.43. The number of nitrogens with one attached hydrogen (secondary N) is 1. The maximum Gasteiger partial charge on any atom is 0.333 e. The molecule has 10 heteroatoms. The Morgan fingerprint density at radius 2 is 2.14 bits per heavy atom. The second-order valence-corrected chi connectivity index (χ2v) is 7.68. The van der Waals surface area contributed by atoms with Crippen molar-refractivity contribution in [3.8, 4) is 0 Å². The maximum atomic E-state index is 12.8. The Morgan fingerprint density at radius 1 is 1.36 bits per heavy atom. The molecule has 1 unspecified atom stereocenters. The molecular weight excluding hydrogens is 370 g/mol. The fraction of sp³-hybridized carbons (Fsp3) is 0.556. The average molecular weight is 392 g/mol. The molecule has 150 valence electrons. The van der Waals surface area contributed by atoms with Gasteiger partial charge in [0, 0.05) is 44.4 Å². The van der Waals surface area contributed by atoms with E-state index in [-0.39, 0.29) is 22.6 Å². The zero-order valence-corrected chi connectivity index (χ0v) is 15.8. The van der Waals surface area contributed by atoms with Crippen LogP contribution in [0.25, 0.3) is 0 Å². The van der Waals surface area contributed by atoms with Crippen LogP contribution in [0.3, 0.4) is 0 Å². The molecule has 8 nitrogen and oxygen atoms in total. The zero-order chi connectivity index (χ0) is 20.1. The minimum Gasteiger partial charge on any atom is -0.348 e. The first-order chi connectivity index (χ1) is 13.3. The monoisotopic (exact) mass is 392 g/mol. The van der Waals surface area contributed by atoms with Gasteiger partial charge in [-0.15, -0.1) is 0 Å². The van der Waals surface area contributed by atoms with Crippen molar-refractivity contribution in [2.45, 2.75) is 37.6 Å². The predicted octanol–water partition coefficient (Wildman–Crippen LogP) is 1.55. The molecule has 0 saturated carbocycles. The molecule has 1 aliphatic heterocycles. The highest BCUT2D eigenvalue weighted by molar-refractivity contribution is 5.92. The van der Waals surface area contributed by atoms with Gasteiger partial charge in [-0.2, -0.15) is 13.9 Å². The minimum atomic E-state index is -2.78. The summed E-state index contributed by atoms with van der Waals surface area (Å²) in [5.41, 5.74) is 0.929. The van der Waals surface area contributed by atoms with Crippen LogP contribution in [0.4, 0.5) is 14.7 Å². The number of rotatable bonds is 3. The number of alkyl halides is 2. The molecule has 1 fully saturated rings. The van der Waals surface area contributed by atoms with Gasteiger partial charge >= 0.3 is 6.55 Å². The van der Waals surface area contributed by atoms with E-state index >= 15 is 0 Å². The molecule has 0 aromatic carbocycles. The van der Waals surface area contributed by atoms with Crippen LogP contribution in [-0.4, -0.2) is 57.7 Å². The normalized spacial score (nSPS) is 21.4. The van der Waals surface area contributed by atoms with Crippen LogP contribution < -0.4 is 10.5 Å². The molecule has 4 rings (SSSR count). The van der Waals surface area contributed by atoms with E-state index in [1.165, 1.54) is 6.07 Å². The number of amides is 1. The molecule has 1 N–H and O–H groups in total. The number of piperidine rings is 1. The van der Waals surface area contributed by atoms with Crippen LogP contribution >= 0.6 is 0 Å². The Hall–Kier alpha value is -2.78. The van der Waals surface area contributed by atoms with Gasteiger partial charge in [-0.3, -0.25) is 14.6 Å². The van der Waals surface area contributed by atoms with Crippen LogP contribution in [0.15, 0.2) is 17.1 Å². The first-order valence-electron chi connectivity index (χ1n) is 9.24. The van der Waals surface area contributed by atoms with Gasteiger partial charge in [0.1, 0.15) is 0 Å². The van der Waals surface area contributed by atoms with Gasteiger partial charge in [-0.1, -0.05) is 0 Å². The first-order valence-corrected chi connectivity index (χ1v) is 9.24. The van der Waals surface area contributed by atoms with E-state index in [0.717, 1.165) is 31.2 Å². The molecule has 1 saturated heterocycles. The number of aromatic nitrogens is 4. The number of halogens is 2. The van der Waals surface area contributed by atoms with Crippen molar-refractivity contribution in [3.05, 3.63) is 39.6 Å². The smallest absolute Gasteiger partial charge is 0.333 e. The van der Waals surface area contributed by atoms with Crippen molar-refractivity contribution in [1.82, 2.24) is 24.6 Å². The Kier molecular flexibility index (Phi) is 4.43. The van der Waals surface area contributed by atoms with Gasteiger partial charge in [0.2, 0.25) is 5.95 Å². The summed E-state index contributed by atoms with van der Waals surface area (Å²) in [7, 11) is 3.62. The predicted molar refractivity (Wildman–Crippen MR) is 97.8 cm³/mol. The molecule has 2 aromatic rings. The summed E-state index contributed by atoms with van der Waals surface area (Å²) in [6.07, 6.45) is 4.05. The number of aromatic amines is 1. The van der Waals surface area contributed by atoms with Gasteiger partial charge in [-0.25, -0.2) is 9.67 Å². The van der Waals surface area contributed by atoms with Crippen LogP contribution in [0, 0.1) is 0 Å². The molecule has 1 atom stereocenters. The van der Waals surface area contributed by atoms with Gasteiger partial charge in [0.25, 0.3) is 11.5 Å². The van der Waals surface area contributed by atoms with Crippen LogP contribution in [-0.2, 0) is 11.8 Å². The lowest BCUT2D eigenvalue weighted by Crippen LogP contribution is -2.48. The van der Waals surface area contributed by atoms with Crippen LogP contribution in [0.5, 0.6) is 0 Å². The number of likely N-dealkylation sites (tertiary alicyclic amines) is 1. The number of carbonyl (C=O) groups is 1. The Morgan fingerprint density at radius 3 is 2.82 bits per heavy atom. The van der Waals surface area contributed by atoms with E-state index in [2.05, 4.69) is 10.1 Å². The number of anilines is 1. The zero-order valence-electron chi connectivity index (χ0n) is 15.8. The van der Waals surface area contributed by atoms with Crippen molar-refractivity contribution in [3.63, 3.8) is 0 Å². The SMILES string of the molecule is CN(C)c1nc2c(c(=O)[nH]1)CCC21CCCN(C(=O)c2ccn(C(F)F)n2)C1. The van der Waals surface area contributed by atoms with Crippen molar-refractivity contribution in [1.29, 1.82) is 0 Å². The van der Waals surface area contributed by atoms with E-state index in [4.69, 9.17) is 4.98 Å². The topological polar surface area (TPSA) is 87.1 Å². The largest absolute Gasteiger partial charge is 0.348 e. The van der Waals surface area contributed by atoms with Gasteiger partial charge in [-0.05, 0) is 31.7 Å². The highest BCUT2D eigenvalue weighted by Gasteiger charge is 2.46. The number of H-pyrrole nitrogens is 1. The Bertz CT molecular complexity index is 969. The fourth-order valence-electron chi connectivity index (χ4n) is 4.28. The van der Waals surface area contributed by atoms with Gasteiger partial charge in [0.05, 0.1) is 5.69 Å². The Balaban J connectivity index is 1.65. The minimum absolute atomic E-state index is 0.00317. The van der Waals surface area contributed by atoms with Crippen molar-refractivity contribution in [2.24, 2.45) is 0 Å². The van der Waals surface area contributed by atoms with Crippen LogP contribution in [0.2, 0.25) is 0 Å². The van der Waals surface area contributed by atoms with Gasteiger partial charge < -0.3 is 9.80 Å². The van der Waals surface area contributed by atoms with Crippen molar-refractivity contribution in [2.75, 3.05) is 32.1 Å². The fourth-order valence-corrected chi connectivity index (χ4v) is 4.28. The number of hydrogen-bond acceptors (Lipinski definition) is 5. The van der Waals surface area contributed by atoms with E-state index in [1.54, 1.807) is 9.80 Å². The summed E-state index contributed by atoms with van der Waals surface area (Å²) in [4.78, 5) is 36.2. The lowest BCUT2D eigenvalue weighted by Gasteiger charge is -2.40. The van der Waals surface area contributed by atoms with Gasteiger partial charge in [0.15, 0.2) is 5.69 Å². The maximum absolute atomic E-state index is 12.8. The first kappa shape index (κ1) is 18.6. The number of carbonyl (C=O) groups excluding carboxylic acids is 1. The molecule has 0 radical (unpaired) electrons. The lowest BCUT2D eigenvalue weighted by molar-refractivity contribution is 0.0534. The molecule has 2 aliphatic rings.